The summed E-state index contributed by atoms with van der Waals surface area (Å²) in [6.07, 6.45) is 11.2. The van der Waals surface area contributed by atoms with Gasteiger partial charge in [0.25, 0.3) is 0 Å². The SMILES string of the molecule is O=C1OCCCC/C=C\[C@H]2S[C@]34C=CCN(Cc5ccccc5)C(=O)C3N(CCCO)C(=O)[C@@H]4[C@@H]12. The van der Waals surface area contributed by atoms with Gasteiger partial charge in [-0.25, -0.2) is 0 Å². The van der Waals surface area contributed by atoms with Crippen LogP contribution in [0, 0.1) is 11.8 Å². The Labute approximate surface area is 210 Å². The fraction of sp³-hybridized carbons (Fsp3) is 0.519. The van der Waals surface area contributed by atoms with Crippen molar-refractivity contribution in [2.45, 2.75) is 48.3 Å². The van der Waals surface area contributed by atoms with Crippen LogP contribution in [0.5, 0.6) is 0 Å². The van der Waals surface area contributed by atoms with Crippen molar-refractivity contribution in [1.82, 2.24) is 9.80 Å². The van der Waals surface area contributed by atoms with Crippen LogP contribution in [-0.2, 0) is 25.7 Å². The first kappa shape index (κ1) is 24.1. The lowest BCUT2D eigenvalue weighted by Crippen LogP contribution is -2.53. The third kappa shape index (κ3) is 4.31. The maximum Gasteiger partial charge on any atom is 0.311 e. The van der Waals surface area contributed by atoms with Crippen LogP contribution in [0.4, 0.5) is 0 Å². The zero-order valence-electron chi connectivity index (χ0n) is 19.8. The van der Waals surface area contributed by atoms with E-state index < -0.39 is 22.6 Å². The van der Waals surface area contributed by atoms with Crippen molar-refractivity contribution >= 4 is 29.5 Å². The van der Waals surface area contributed by atoms with Gasteiger partial charge in [0.1, 0.15) is 6.04 Å². The van der Waals surface area contributed by atoms with E-state index in [2.05, 4.69) is 6.08 Å². The molecule has 1 N–H and O–H groups in total. The average Bonchev–Trinajstić information content (AvgIpc) is 3.25. The molecule has 1 aromatic carbocycles. The Hall–Kier alpha value is -2.58. The summed E-state index contributed by atoms with van der Waals surface area (Å²) < 4.78 is 4.78. The molecule has 1 unspecified atom stereocenters. The van der Waals surface area contributed by atoms with Gasteiger partial charge in [0.05, 0.1) is 23.2 Å². The highest BCUT2D eigenvalue weighted by Gasteiger charge is 2.70. The maximum absolute atomic E-state index is 14.1. The molecule has 4 heterocycles. The molecule has 5 rings (SSSR count). The molecule has 2 saturated heterocycles. The monoisotopic (exact) mass is 496 g/mol. The van der Waals surface area contributed by atoms with Crippen molar-refractivity contribution in [3.63, 3.8) is 0 Å². The Morgan fingerprint density at radius 2 is 1.91 bits per heavy atom. The predicted octanol–water partition coefficient (Wildman–Crippen LogP) is 2.55. The van der Waals surface area contributed by atoms with Gasteiger partial charge in [-0.2, -0.15) is 0 Å². The molecule has 0 radical (unpaired) electrons. The highest BCUT2D eigenvalue weighted by Crippen LogP contribution is 2.60. The summed E-state index contributed by atoms with van der Waals surface area (Å²) in [7, 11) is 0. The van der Waals surface area contributed by atoms with Crippen molar-refractivity contribution in [2.24, 2.45) is 11.8 Å². The van der Waals surface area contributed by atoms with Crippen molar-refractivity contribution in [1.29, 1.82) is 0 Å². The van der Waals surface area contributed by atoms with Gasteiger partial charge in [-0.05, 0) is 31.2 Å². The largest absolute Gasteiger partial charge is 0.465 e. The molecule has 1 spiro atoms. The number of amides is 2. The first-order chi connectivity index (χ1) is 17.1. The summed E-state index contributed by atoms with van der Waals surface area (Å²) in [5, 5.41) is 9.27. The number of aliphatic hydroxyl groups excluding tert-OH is 1. The van der Waals surface area contributed by atoms with Crippen LogP contribution in [0.1, 0.15) is 31.2 Å². The molecule has 0 aliphatic carbocycles. The molecule has 8 heteroatoms. The number of fused-ring (bicyclic) bond motifs is 2. The number of thioether (sulfide) groups is 1. The molecule has 4 aliphatic rings. The molecule has 35 heavy (non-hydrogen) atoms. The Bertz CT molecular complexity index is 1030. The molecule has 186 valence electrons. The van der Waals surface area contributed by atoms with Crippen molar-refractivity contribution in [2.75, 3.05) is 26.3 Å². The Morgan fingerprint density at radius 1 is 1.09 bits per heavy atom. The summed E-state index contributed by atoms with van der Waals surface area (Å²) in [5.74, 6) is -1.96. The summed E-state index contributed by atoms with van der Waals surface area (Å²) in [6, 6.07) is 9.09. The van der Waals surface area contributed by atoms with Crippen LogP contribution in [0.2, 0.25) is 0 Å². The Kier molecular flexibility index (Phi) is 7.02. The number of hydrogen-bond donors (Lipinski definition) is 1. The third-order valence-corrected chi connectivity index (χ3v) is 9.20. The van der Waals surface area contributed by atoms with E-state index in [0.29, 0.717) is 26.1 Å². The zero-order chi connectivity index (χ0) is 24.4. The Morgan fingerprint density at radius 3 is 2.71 bits per heavy atom. The summed E-state index contributed by atoms with van der Waals surface area (Å²) in [4.78, 5) is 44.7. The van der Waals surface area contributed by atoms with E-state index in [1.807, 2.05) is 48.6 Å². The first-order valence-corrected chi connectivity index (χ1v) is 13.4. The van der Waals surface area contributed by atoms with Gasteiger partial charge in [-0.1, -0.05) is 54.6 Å². The molecule has 4 aliphatic heterocycles. The lowest BCUT2D eigenvalue weighted by atomic mass is 9.78. The normalized spacial score (nSPS) is 33.6. The van der Waals surface area contributed by atoms with E-state index in [4.69, 9.17) is 4.74 Å². The molecule has 5 atom stereocenters. The van der Waals surface area contributed by atoms with Crippen molar-refractivity contribution in [3.05, 3.63) is 60.2 Å². The fourth-order valence-corrected chi connectivity index (χ4v) is 7.89. The molecule has 0 saturated carbocycles. The Balaban J connectivity index is 1.54. The van der Waals surface area contributed by atoms with Crippen LogP contribution in [0.3, 0.4) is 0 Å². The smallest absolute Gasteiger partial charge is 0.311 e. The quantitative estimate of drug-likeness (QED) is 0.498. The van der Waals surface area contributed by atoms with Gasteiger partial charge in [0.15, 0.2) is 0 Å². The molecule has 1 aromatic rings. The molecule has 2 amide bonds. The van der Waals surface area contributed by atoms with Crippen LogP contribution in [-0.4, -0.2) is 75.0 Å². The molecule has 2 fully saturated rings. The number of aliphatic hydroxyl groups is 1. The highest BCUT2D eigenvalue weighted by molar-refractivity contribution is 8.02. The second-order valence-corrected chi connectivity index (χ2v) is 11.1. The minimum Gasteiger partial charge on any atom is -0.465 e. The number of likely N-dealkylation sites (tertiary alicyclic amines) is 1. The molecule has 0 aromatic heterocycles. The topological polar surface area (TPSA) is 87.2 Å². The fourth-order valence-electron chi connectivity index (χ4n) is 5.89. The van der Waals surface area contributed by atoms with Gasteiger partial charge in [-0.15, -0.1) is 11.8 Å². The van der Waals surface area contributed by atoms with E-state index in [9.17, 15) is 19.5 Å². The number of allylic oxidation sites excluding steroid dienone is 1. The predicted molar refractivity (Wildman–Crippen MR) is 133 cm³/mol. The van der Waals surface area contributed by atoms with Crippen LogP contribution >= 0.6 is 11.8 Å². The van der Waals surface area contributed by atoms with Crippen LogP contribution < -0.4 is 0 Å². The average molecular weight is 497 g/mol. The van der Waals surface area contributed by atoms with Gasteiger partial charge < -0.3 is 19.6 Å². The van der Waals surface area contributed by atoms with Gasteiger partial charge in [0, 0.05) is 31.5 Å². The molecular weight excluding hydrogens is 464 g/mol. The number of nitrogens with zero attached hydrogens (tertiary/aromatic N) is 2. The van der Waals surface area contributed by atoms with E-state index in [0.717, 1.165) is 24.8 Å². The number of carbonyl (C=O) groups is 3. The second kappa shape index (κ2) is 10.2. The number of ether oxygens (including phenoxy) is 1. The zero-order valence-corrected chi connectivity index (χ0v) is 20.6. The number of esters is 1. The lowest BCUT2D eigenvalue weighted by Gasteiger charge is -2.35. The third-order valence-electron chi connectivity index (χ3n) is 7.46. The minimum absolute atomic E-state index is 0.0735. The van der Waals surface area contributed by atoms with E-state index in [1.165, 1.54) is 0 Å². The van der Waals surface area contributed by atoms with Crippen LogP contribution in [0.15, 0.2) is 54.6 Å². The minimum atomic E-state index is -0.845. The van der Waals surface area contributed by atoms with Gasteiger partial charge in [0.2, 0.25) is 11.8 Å². The number of cyclic esters (lactones) is 1. The van der Waals surface area contributed by atoms with Crippen LogP contribution in [0.25, 0.3) is 0 Å². The highest BCUT2D eigenvalue weighted by atomic mass is 32.2. The second-order valence-electron chi connectivity index (χ2n) is 9.65. The summed E-state index contributed by atoms with van der Waals surface area (Å²) >= 11 is 1.56. The van der Waals surface area contributed by atoms with Gasteiger partial charge >= 0.3 is 5.97 Å². The molecule has 7 nitrogen and oxygen atoms in total. The van der Waals surface area contributed by atoms with E-state index >= 15 is 0 Å². The number of carbonyl (C=O) groups excluding carboxylic acids is 3. The van der Waals surface area contributed by atoms with E-state index in [-0.39, 0.29) is 36.2 Å². The summed E-state index contributed by atoms with van der Waals surface area (Å²) in [5.41, 5.74) is 1.02. The number of hydrogen-bond acceptors (Lipinski definition) is 6. The van der Waals surface area contributed by atoms with E-state index in [1.54, 1.807) is 21.6 Å². The van der Waals surface area contributed by atoms with Crippen molar-refractivity contribution in [3.8, 4) is 0 Å². The first-order valence-electron chi connectivity index (χ1n) is 12.5. The summed E-state index contributed by atoms with van der Waals surface area (Å²) in [6.45, 7) is 1.45. The maximum atomic E-state index is 14.1. The number of rotatable bonds is 5. The standard InChI is InChI=1S/C27H32N2O5S/c30-16-9-15-29-23-25(32)28(18-19-10-4-3-5-11-19)14-8-13-27(23)22(24(29)31)21-20(35-27)12-6-1-2-7-17-34-26(21)33/h3-6,8,10-13,20-23,30H,1-2,7,9,14-18H2/b12-6-/t20-,21+,22+,23?,27+/m1/s1. The molecular formula is C27H32N2O5S. The van der Waals surface area contributed by atoms with Crippen molar-refractivity contribution < 1.29 is 24.2 Å². The van der Waals surface area contributed by atoms with Gasteiger partial charge in [-0.3, -0.25) is 14.4 Å². The molecule has 0 bridgehead atoms. The number of benzene rings is 1. The lowest BCUT2D eigenvalue weighted by molar-refractivity contribution is -0.153.